The van der Waals surface area contributed by atoms with Crippen molar-refractivity contribution in [1.29, 1.82) is 0 Å². The Morgan fingerprint density at radius 1 is 1.33 bits per heavy atom. The summed E-state index contributed by atoms with van der Waals surface area (Å²) >= 11 is 5.12. The number of rotatable bonds is 2. The van der Waals surface area contributed by atoms with Crippen LogP contribution in [0.25, 0.3) is 10.9 Å². The molecule has 0 unspecified atom stereocenters. The van der Waals surface area contributed by atoms with Crippen molar-refractivity contribution in [3.8, 4) is 0 Å². The number of para-hydroxylation sites is 1. The van der Waals surface area contributed by atoms with Crippen LogP contribution in [0.2, 0.25) is 0 Å². The normalized spacial score (nSPS) is 10.7. The summed E-state index contributed by atoms with van der Waals surface area (Å²) in [5.41, 5.74) is 3.07. The predicted octanol–water partition coefficient (Wildman–Crippen LogP) is 2.34. The molecule has 2 aromatic heterocycles. The molecule has 0 spiro atoms. The molecule has 3 aromatic rings. The zero-order valence-corrected chi connectivity index (χ0v) is 11.9. The third-order valence-corrected chi connectivity index (χ3v) is 3.41. The number of furan rings is 1. The van der Waals surface area contributed by atoms with Gasteiger partial charge < -0.3 is 9.40 Å². The molecule has 0 saturated carbocycles. The molecule has 21 heavy (non-hydrogen) atoms. The van der Waals surface area contributed by atoms with Gasteiger partial charge in [-0.15, -0.1) is 0 Å². The number of amides is 1. The van der Waals surface area contributed by atoms with Gasteiger partial charge in [0.15, 0.2) is 4.77 Å². The Labute approximate surface area is 124 Å². The first-order chi connectivity index (χ1) is 10.1. The van der Waals surface area contributed by atoms with Crippen molar-refractivity contribution in [2.75, 3.05) is 5.43 Å². The average molecular weight is 301 g/mol. The summed E-state index contributed by atoms with van der Waals surface area (Å²) in [5.74, 6) is 0.00867. The van der Waals surface area contributed by atoms with E-state index < -0.39 is 5.91 Å². The number of hydrogen-bond donors (Lipinski definition) is 2. The van der Waals surface area contributed by atoms with Crippen LogP contribution in [-0.2, 0) is 0 Å². The maximum atomic E-state index is 12.4. The number of aromatic amines is 1. The zero-order chi connectivity index (χ0) is 15.0. The molecule has 2 N–H and O–H groups in total. The van der Waals surface area contributed by atoms with Crippen molar-refractivity contribution in [3.05, 3.63) is 63.0 Å². The maximum Gasteiger partial charge on any atom is 0.281 e. The zero-order valence-electron chi connectivity index (χ0n) is 11.0. The summed E-state index contributed by atoms with van der Waals surface area (Å²) in [6.07, 6.45) is 1.41. The van der Waals surface area contributed by atoms with Gasteiger partial charge in [-0.3, -0.25) is 15.0 Å². The molecule has 0 aliphatic rings. The number of aromatic nitrogens is 2. The highest BCUT2D eigenvalue weighted by atomic mass is 32.1. The van der Waals surface area contributed by atoms with Crippen LogP contribution in [0, 0.1) is 11.7 Å². The van der Waals surface area contributed by atoms with E-state index in [1.54, 1.807) is 31.2 Å². The molecule has 0 aliphatic carbocycles. The molecule has 0 bridgehead atoms. The van der Waals surface area contributed by atoms with Crippen LogP contribution in [0.1, 0.15) is 16.1 Å². The lowest BCUT2D eigenvalue weighted by atomic mass is 10.2. The Morgan fingerprint density at radius 2 is 2.10 bits per heavy atom. The summed E-state index contributed by atoms with van der Waals surface area (Å²) < 4.78 is 6.21. The van der Waals surface area contributed by atoms with E-state index in [1.165, 1.54) is 12.3 Å². The molecule has 0 saturated heterocycles. The van der Waals surface area contributed by atoms with Crippen LogP contribution in [0.5, 0.6) is 0 Å². The largest absolute Gasteiger partial charge is 0.469 e. The number of carbonyl (C=O) groups excluding carboxylic acids is 1. The molecular weight excluding hydrogens is 290 g/mol. The molecule has 0 atom stereocenters. The van der Waals surface area contributed by atoms with E-state index in [2.05, 4.69) is 10.4 Å². The molecule has 7 heteroatoms. The molecule has 2 heterocycles. The number of hydrogen-bond acceptors (Lipinski definition) is 4. The average Bonchev–Trinajstić information content (AvgIpc) is 2.89. The topological polar surface area (TPSA) is 80.0 Å². The number of fused-ring (bicyclic) bond motifs is 1. The Bertz CT molecular complexity index is 952. The van der Waals surface area contributed by atoms with Gasteiger partial charge in [0.05, 0.1) is 22.7 Å². The van der Waals surface area contributed by atoms with Gasteiger partial charge >= 0.3 is 0 Å². The van der Waals surface area contributed by atoms with Gasteiger partial charge in [-0.25, -0.2) is 0 Å². The van der Waals surface area contributed by atoms with Crippen molar-refractivity contribution in [2.24, 2.45) is 0 Å². The Kier molecular flexibility index (Phi) is 3.19. The van der Waals surface area contributed by atoms with E-state index in [0.717, 1.165) is 4.68 Å². The fraction of sp³-hybridized carbons (Fsp3) is 0.0714. The van der Waals surface area contributed by atoms with E-state index in [9.17, 15) is 9.59 Å². The Morgan fingerprint density at radius 3 is 2.81 bits per heavy atom. The first kappa shape index (κ1) is 13.3. The van der Waals surface area contributed by atoms with Gasteiger partial charge in [-0.1, -0.05) is 12.1 Å². The second kappa shape index (κ2) is 5.02. The highest BCUT2D eigenvalue weighted by Crippen LogP contribution is 2.09. The monoisotopic (exact) mass is 301 g/mol. The van der Waals surface area contributed by atoms with Crippen LogP contribution in [0.3, 0.4) is 0 Å². The standard InChI is InChI=1S/C14H11N3O3S/c1-8-9(6-7-20-8)12(18)16-17-13(19)10-4-2-3-5-11(10)15-14(17)21/h2-7H,1H3,(H,15,21)(H,16,18). The summed E-state index contributed by atoms with van der Waals surface area (Å²) in [4.78, 5) is 27.4. The second-order valence-electron chi connectivity index (χ2n) is 4.45. The minimum absolute atomic E-state index is 0.119. The lowest BCUT2D eigenvalue weighted by Crippen LogP contribution is -2.34. The third-order valence-electron chi connectivity index (χ3n) is 3.12. The highest BCUT2D eigenvalue weighted by Gasteiger charge is 2.14. The van der Waals surface area contributed by atoms with Crippen molar-refractivity contribution in [3.63, 3.8) is 0 Å². The smallest absolute Gasteiger partial charge is 0.281 e. The molecule has 1 aromatic carbocycles. The van der Waals surface area contributed by atoms with Crippen LogP contribution >= 0.6 is 12.2 Å². The molecule has 0 aliphatic heterocycles. The summed E-state index contributed by atoms with van der Waals surface area (Å²) in [6, 6.07) is 8.48. The van der Waals surface area contributed by atoms with Gasteiger partial charge in [0.1, 0.15) is 5.76 Å². The molecule has 0 fully saturated rings. The fourth-order valence-electron chi connectivity index (χ4n) is 2.05. The number of carbonyl (C=O) groups is 1. The van der Waals surface area contributed by atoms with Crippen LogP contribution in [0.4, 0.5) is 0 Å². The van der Waals surface area contributed by atoms with Gasteiger partial charge in [0.25, 0.3) is 11.5 Å². The third kappa shape index (κ3) is 2.27. The van der Waals surface area contributed by atoms with E-state index in [0.29, 0.717) is 22.2 Å². The first-order valence-electron chi connectivity index (χ1n) is 6.17. The number of aryl methyl sites for hydroxylation is 1. The number of nitrogens with one attached hydrogen (secondary N) is 2. The SMILES string of the molecule is Cc1occc1C(=O)Nn1c(=S)[nH]c2ccccc2c1=O. The van der Waals surface area contributed by atoms with Gasteiger partial charge in [-0.2, -0.15) is 4.68 Å². The molecule has 106 valence electrons. The van der Waals surface area contributed by atoms with Crippen molar-refractivity contribution in [1.82, 2.24) is 9.66 Å². The highest BCUT2D eigenvalue weighted by molar-refractivity contribution is 7.71. The van der Waals surface area contributed by atoms with Crippen LogP contribution in [0.15, 0.2) is 45.8 Å². The quantitative estimate of drug-likeness (QED) is 0.712. The molecule has 1 amide bonds. The second-order valence-corrected chi connectivity index (χ2v) is 4.83. The molecule has 3 rings (SSSR count). The number of benzene rings is 1. The van der Waals surface area contributed by atoms with Crippen molar-refractivity contribution < 1.29 is 9.21 Å². The van der Waals surface area contributed by atoms with Gasteiger partial charge in [0.2, 0.25) is 0 Å². The Hall–Kier alpha value is -2.67. The molecule has 6 nitrogen and oxygen atoms in total. The molecular formula is C14H11N3O3S. The van der Waals surface area contributed by atoms with Crippen molar-refractivity contribution >= 4 is 29.0 Å². The maximum absolute atomic E-state index is 12.4. The van der Waals surface area contributed by atoms with Crippen LogP contribution < -0.4 is 11.0 Å². The van der Waals surface area contributed by atoms with E-state index in [1.807, 2.05) is 0 Å². The Balaban J connectivity index is 2.09. The predicted molar refractivity (Wildman–Crippen MR) is 80.5 cm³/mol. The first-order valence-corrected chi connectivity index (χ1v) is 6.58. The minimum Gasteiger partial charge on any atom is -0.469 e. The number of nitrogens with zero attached hydrogens (tertiary/aromatic N) is 1. The van der Waals surface area contributed by atoms with Gasteiger partial charge in [-0.05, 0) is 37.3 Å². The summed E-state index contributed by atoms with van der Waals surface area (Å²) in [7, 11) is 0. The lowest BCUT2D eigenvalue weighted by Gasteiger charge is -2.09. The fourth-order valence-corrected chi connectivity index (χ4v) is 2.28. The lowest BCUT2D eigenvalue weighted by molar-refractivity contribution is 0.100. The molecule has 0 radical (unpaired) electrons. The van der Waals surface area contributed by atoms with E-state index >= 15 is 0 Å². The summed E-state index contributed by atoms with van der Waals surface area (Å²) in [6.45, 7) is 1.67. The van der Waals surface area contributed by atoms with E-state index in [4.69, 9.17) is 16.6 Å². The van der Waals surface area contributed by atoms with Gasteiger partial charge in [0, 0.05) is 0 Å². The van der Waals surface area contributed by atoms with E-state index in [-0.39, 0.29) is 10.3 Å². The minimum atomic E-state index is -0.460. The number of H-pyrrole nitrogens is 1. The van der Waals surface area contributed by atoms with Crippen molar-refractivity contribution in [2.45, 2.75) is 6.92 Å². The summed E-state index contributed by atoms with van der Waals surface area (Å²) in [5, 5.41) is 0.440. The van der Waals surface area contributed by atoms with Crippen LogP contribution in [-0.4, -0.2) is 15.6 Å².